The molecule has 0 radical (unpaired) electrons. The largest absolute Gasteiger partial charge is 0.323 e. The summed E-state index contributed by atoms with van der Waals surface area (Å²) in [4.78, 5) is 22.1. The summed E-state index contributed by atoms with van der Waals surface area (Å²) in [6.07, 6.45) is 2.48. The molecule has 0 aliphatic heterocycles. The third-order valence-electron chi connectivity index (χ3n) is 2.49. The molecule has 0 aliphatic carbocycles. The van der Waals surface area contributed by atoms with Gasteiger partial charge in [0, 0.05) is 11.8 Å². The highest BCUT2D eigenvalue weighted by molar-refractivity contribution is 6.03. The summed E-state index contributed by atoms with van der Waals surface area (Å²) in [5.74, 6) is -0.443. The molecule has 0 saturated heterocycles. The second-order valence-electron chi connectivity index (χ2n) is 5.26. The second-order valence-corrected chi connectivity index (χ2v) is 5.26. The molecular weight excluding hydrogens is 226 g/mol. The van der Waals surface area contributed by atoms with Crippen LogP contribution in [0.4, 0.5) is 5.69 Å². The molecule has 3 heteroatoms. The molecule has 0 spiro atoms. The molecule has 0 atom stereocenters. The van der Waals surface area contributed by atoms with Crippen LogP contribution in [0.15, 0.2) is 36.4 Å². The Morgan fingerprint density at radius 2 is 1.61 bits per heavy atom. The van der Waals surface area contributed by atoms with Gasteiger partial charge in [-0.1, -0.05) is 32.9 Å². The van der Waals surface area contributed by atoms with Crippen molar-refractivity contribution in [2.24, 2.45) is 0 Å². The number of amides is 1. The number of hydrogen-bond acceptors (Lipinski definition) is 2. The van der Waals surface area contributed by atoms with Gasteiger partial charge in [-0.2, -0.15) is 0 Å². The first-order valence-electron chi connectivity index (χ1n) is 5.89. The van der Waals surface area contributed by atoms with Crippen molar-refractivity contribution in [2.75, 3.05) is 5.32 Å². The van der Waals surface area contributed by atoms with E-state index >= 15 is 0 Å². The van der Waals surface area contributed by atoms with Crippen molar-refractivity contribution in [3.63, 3.8) is 0 Å². The van der Waals surface area contributed by atoms with E-state index in [1.54, 1.807) is 0 Å². The minimum Gasteiger partial charge on any atom is -0.323 e. The molecule has 0 aliphatic rings. The summed E-state index contributed by atoms with van der Waals surface area (Å²) in [6, 6.07) is 7.70. The van der Waals surface area contributed by atoms with Crippen molar-refractivity contribution in [1.29, 1.82) is 0 Å². The molecule has 96 valence electrons. The Morgan fingerprint density at radius 3 is 2.06 bits per heavy atom. The lowest BCUT2D eigenvalue weighted by molar-refractivity contribution is -0.114. The summed E-state index contributed by atoms with van der Waals surface area (Å²) in [5, 5.41) is 2.70. The lowest BCUT2D eigenvalue weighted by Gasteiger charge is -2.19. The van der Waals surface area contributed by atoms with Gasteiger partial charge in [0.2, 0.25) is 5.91 Å². The lowest BCUT2D eigenvalue weighted by Crippen LogP contribution is -2.12. The molecule has 0 aromatic heterocycles. The Bertz CT molecular complexity index is 464. The van der Waals surface area contributed by atoms with Gasteiger partial charge in [-0.05, 0) is 36.1 Å². The number of carbonyl (C=O) groups excluding carboxylic acids is 2. The number of ketones is 1. The molecule has 1 N–H and O–H groups in total. The van der Waals surface area contributed by atoms with Crippen molar-refractivity contribution in [3.8, 4) is 0 Å². The fourth-order valence-corrected chi connectivity index (χ4v) is 1.43. The highest BCUT2D eigenvalue weighted by atomic mass is 16.1. The zero-order valence-corrected chi connectivity index (χ0v) is 11.3. The average Bonchev–Trinajstić information content (AvgIpc) is 2.26. The Morgan fingerprint density at radius 1 is 1.06 bits per heavy atom. The number of rotatable bonds is 3. The van der Waals surface area contributed by atoms with Crippen LogP contribution < -0.4 is 5.32 Å². The van der Waals surface area contributed by atoms with Gasteiger partial charge in [0.1, 0.15) is 0 Å². The van der Waals surface area contributed by atoms with E-state index in [9.17, 15) is 9.59 Å². The average molecular weight is 245 g/mol. The number of nitrogens with one attached hydrogen (secondary N) is 1. The van der Waals surface area contributed by atoms with Crippen molar-refractivity contribution in [1.82, 2.24) is 0 Å². The molecule has 3 nitrogen and oxygen atoms in total. The molecule has 0 bridgehead atoms. The van der Waals surface area contributed by atoms with E-state index in [2.05, 4.69) is 26.1 Å². The van der Waals surface area contributed by atoms with Crippen LogP contribution in [0.25, 0.3) is 0 Å². The molecule has 1 aromatic carbocycles. The predicted octanol–water partition coefficient (Wildman–Crippen LogP) is 3.07. The monoisotopic (exact) mass is 245 g/mol. The molecule has 0 unspecified atom stereocenters. The molecule has 0 saturated carbocycles. The van der Waals surface area contributed by atoms with Crippen molar-refractivity contribution in [2.45, 2.75) is 33.1 Å². The summed E-state index contributed by atoms with van der Waals surface area (Å²) >= 11 is 0. The van der Waals surface area contributed by atoms with Crippen LogP contribution in [0.3, 0.4) is 0 Å². The van der Waals surface area contributed by atoms with Crippen LogP contribution in [0.1, 0.15) is 33.3 Å². The van der Waals surface area contributed by atoms with Crippen LogP contribution in [-0.4, -0.2) is 11.7 Å². The van der Waals surface area contributed by atoms with Crippen molar-refractivity contribution in [3.05, 3.63) is 42.0 Å². The van der Waals surface area contributed by atoms with E-state index in [4.69, 9.17) is 0 Å². The standard InChI is InChI=1S/C15H19NO2/c1-11(17)5-10-14(18)16-13-8-6-12(7-9-13)15(2,3)4/h5-10H,1-4H3,(H,16,18)/b10-5+. The smallest absolute Gasteiger partial charge is 0.248 e. The van der Waals surface area contributed by atoms with Crippen molar-refractivity contribution >= 4 is 17.4 Å². The maximum absolute atomic E-state index is 11.4. The van der Waals surface area contributed by atoms with Gasteiger partial charge in [0.05, 0.1) is 0 Å². The molecule has 18 heavy (non-hydrogen) atoms. The molecule has 0 fully saturated rings. The lowest BCUT2D eigenvalue weighted by atomic mass is 9.87. The van der Waals surface area contributed by atoms with E-state index in [-0.39, 0.29) is 17.1 Å². The second kappa shape index (κ2) is 5.63. The highest BCUT2D eigenvalue weighted by Gasteiger charge is 2.12. The third-order valence-corrected chi connectivity index (χ3v) is 2.49. The predicted molar refractivity (Wildman–Crippen MR) is 73.6 cm³/mol. The zero-order valence-electron chi connectivity index (χ0n) is 11.3. The third kappa shape index (κ3) is 4.53. The molecule has 1 rings (SSSR count). The number of benzene rings is 1. The summed E-state index contributed by atoms with van der Waals surface area (Å²) < 4.78 is 0. The molecule has 1 aromatic rings. The Labute approximate surface area is 108 Å². The minimum atomic E-state index is -0.297. The maximum Gasteiger partial charge on any atom is 0.248 e. The molecule has 1 amide bonds. The first-order chi connectivity index (χ1) is 8.29. The van der Waals surface area contributed by atoms with Gasteiger partial charge < -0.3 is 5.32 Å². The maximum atomic E-state index is 11.4. The fraction of sp³-hybridized carbons (Fsp3) is 0.333. The van der Waals surface area contributed by atoms with E-state index in [0.717, 1.165) is 5.69 Å². The quantitative estimate of drug-likeness (QED) is 0.832. The highest BCUT2D eigenvalue weighted by Crippen LogP contribution is 2.23. The van der Waals surface area contributed by atoms with Crippen LogP contribution in [-0.2, 0) is 15.0 Å². The number of hydrogen-bond donors (Lipinski definition) is 1. The minimum absolute atomic E-state index is 0.0943. The topological polar surface area (TPSA) is 46.2 Å². The van der Waals surface area contributed by atoms with Gasteiger partial charge in [0.15, 0.2) is 5.78 Å². The summed E-state index contributed by atoms with van der Waals surface area (Å²) in [5.41, 5.74) is 2.03. The summed E-state index contributed by atoms with van der Waals surface area (Å²) in [6.45, 7) is 7.81. The zero-order chi connectivity index (χ0) is 13.8. The van der Waals surface area contributed by atoms with Crippen LogP contribution in [0.2, 0.25) is 0 Å². The van der Waals surface area contributed by atoms with Crippen LogP contribution in [0.5, 0.6) is 0 Å². The number of anilines is 1. The first-order valence-corrected chi connectivity index (χ1v) is 5.89. The van der Waals surface area contributed by atoms with Gasteiger partial charge >= 0.3 is 0 Å². The number of allylic oxidation sites excluding steroid dienone is 1. The fourth-order valence-electron chi connectivity index (χ4n) is 1.43. The van der Waals surface area contributed by atoms with Crippen LogP contribution >= 0.6 is 0 Å². The van der Waals surface area contributed by atoms with E-state index in [1.807, 2.05) is 24.3 Å². The van der Waals surface area contributed by atoms with Gasteiger partial charge in [-0.15, -0.1) is 0 Å². The van der Waals surface area contributed by atoms with Gasteiger partial charge in [-0.25, -0.2) is 0 Å². The van der Waals surface area contributed by atoms with E-state index in [1.165, 1.54) is 24.6 Å². The SMILES string of the molecule is CC(=O)/C=C/C(=O)Nc1ccc(C(C)(C)C)cc1. The first kappa shape index (κ1) is 14.2. The molecule has 0 heterocycles. The summed E-state index contributed by atoms with van der Waals surface area (Å²) in [7, 11) is 0. The van der Waals surface area contributed by atoms with Gasteiger partial charge in [-0.3, -0.25) is 9.59 Å². The Kier molecular flexibility index (Phi) is 4.43. The van der Waals surface area contributed by atoms with Crippen LogP contribution in [0, 0.1) is 0 Å². The normalized spacial score (nSPS) is 11.6. The van der Waals surface area contributed by atoms with E-state index < -0.39 is 0 Å². The number of carbonyl (C=O) groups is 2. The van der Waals surface area contributed by atoms with Crippen molar-refractivity contribution < 1.29 is 9.59 Å². The Balaban J connectivity index is 2.70. The van der Waals surface area contributed by atoms with Gasteiger partial charge in [0.25, 0.3) is 0 Å². The Hall–Kier alpha value is -1.90. The molecular formula is C15H19NO2. The van der Waals surface area contributed by atoms with E-state index in [0.29, 0.717) is 0 Å².